The first-order valence-electron chi connectivity index (χ1n) is 8.88. The lowest BCUT2D eigenvalue weighted by molar-refractivity contribution is -0.141. The smallest absolute Gasteiger partial charge is 0.291 e. The van der Waals surface area contributed by atoms with E-state index in [1.54, 1.807) is 6.07 Å². The first-order valence-corrected chi connectivity index (χ1v) is 8.88. The second-order valence-electron chi connectivity index (χ2n) is 6.89. The predicted octanol–water partition coefficient (Wildman–Crippen LogP) is 2.45. The molecule has 154 valence electrons. The molecule has 3 heterocycles. The Morgan fingerprint density at radius 2 is 2.03 bits per heavy atom. The molecule has 2 fully saturated rings. The number of likely N-dealkylation sites (N-methyl/N-ethyl adjacent to an activating group) is 1. The minimum atomic E-state index is -4.60. The van der Waals surface area contributed by atoms with Gasteiger partial charge in [0.25, 0.3) is 5.91 Å². The molecule has 3 amide bonds. The number of nitrogens with zero attached hydrogens (tertiary/aromatic N) is 7. The lowest BCUT2D eigenvalue weighted by Gasteiger charge is -2.09. The Bertz CT molecular complexity index is 1110. The highest BCUT2D eigenvalue weighted by Crippen LogP contribution is 2.41. The van der Waals surface area contributed by atoms with E-state index in [2.05, 4.69) is 15.1 Å². The second-order valence-corrected chi connectivity index (χ2v) is 6.89. The van der Waals surface area contributed by atoms with Crippen molar-refractivity contribution in [1.82, 2.24) is 29.5 Å². The summed E-state index contributed by atoms with van der Waals surface area (Å²) in [6.45, 7) is -0.400. The van der Waals surface area contributed by atoms with Crippen LogP contribution in [0.1, 0.15) is 30.1 Å². The molecule has 2 aliphatic rings. The van der Waals surface area contributed by atoms with Crippen molar-refractivity contribution in [3.8, 4) is 17.5 Å². The zero-order chi connectivity index (χ0) is 21.6. The van der Waals surface area contributed by atoms with Gasteiger partial charge in [-0.2, -0.15) is 18.4 Å². The van der Waals surface area contributed by atoms with Crippen LogP contribution < -0.4 is 0 Å². The Kier molecular flexibility index (Phi) is 4.53. The number of alkyl halides is 3. The molecule has 0 N–H and O–H groups in total. The third-order valence-electron chi connectivity index (χ3n) is 4.72. The van der Waals surface area contributed by atoms with Crippen molar-refractivity contribution in [2.24, 2.45) is 0 Å². The summed E-state index contributed by atoms with van der Waals surface area (Å²) in [4.78, 5) is 33.9. The van der Waals surface area contributed by atoms with Crippen molar-refractivity contribution in [1.29, 1.82) is 5.26 Å². The number of aromatic nitrogens is 4. The average Bonchev–Trinajstić information content (AvgIpc) is 3.42. The normalized spacial score (nSPS) is 18.4. The molecule has 1 aliphatic heterocycles. The van der Waals surface area contributed by atoms with Crippen LogP contribution in [0.25, 0.3) is 17.6 Å². The van der Waals surface area contributed by atoms with Crippen LogP contribution in [0, 0.1) is 11.3 Å². The van der Waals surface area contributed by atoms with Crippen molar-refractivity contribution in [2.75, 3.05) is 13.6 Å². The molecular formula is C18H14F3N7O2. The van der Waals surface area contributed by atoms with Gasteiger partial charge in [0, 0.05) is 24.2 Å². The van der Waals surface area contributed by atoms with Gasteiger partial charge in [0.15, 0.2) is 5.82 Å². The number of pyridine rings is 1. The standard InChI is InChI=1S/C18H14F3N7O2/c1-26-13(16(29)28(5-4-22)17(26)30)8-27-9-23-15(25-27)11-6-12(10-2-3-10)24-14(7-11)18(19,20)21/h6-10H,2-3,5H2,1H3/b13-8-. The maximum atomic E-state index is 13.2. The lowest BCUT2D eigenvalue weighted by Crippen LogP contribution is -2.31. The number of nitriles is 1. The van der Waals surface area contributed by atoms with Crippen molar-refractivity contribution in [3.05, 3.63) is 35.5 Å². The summed E-state index contributed by atoms with van der Waals surface area (Å²) in [5.74, 6) is -0.660. The molecule has 0 bridgehead atoms. The van der Waals surface area contributed by atoms with E-state index in [1.807, 2.05) is 0 Å². The summed E-state index contributed by atoms with van der Waals surface area (Å²) in [5, 5.41) is 12.9. The zero-order valence-corrected chi connectivity index (χ0v) is 15.6. The molecule has 0 aromatic carbocycles. The maximum absolute atomic E-state index is 13.2. The number of hydrogen-bond donors (Lipinski definition) is 0. The molecule has 2 aromatic heterocycles. The van der Waals surface area contributed by atoms with E-state index < -0.39 is 30.4 Å². The van der Waals surface area contributed by atoms with E-state index in [0.717, 1.165) is 33.4 Å². The van der Waals surface area contributed by atoms with Crippen molar-refractivity contribution in [2.45, 2.75) is 24.9 Å². The highest BCUT2D eigenvalue weighted by atomic mass is 19.4. The molecule has 1 saturated carbocycles. The quantitative estimate of drug-likeness (QED) is 0.430. The van der Waals surface area contributed by atoms with E-state index in [0.29, 0.717) is 5.69 Å². The molecule has 30 heavy (non-hydrogen) atoms. The summed E-state index contributed by atoms with van der Waals surface area (Å²) in [5.41, 5.74) is -0.557. The fraction of sp³-hybridized carbons (Fsp3) is 0.333. The Morgan fingerprint density at radius 3 is 2.67 bits per heavy atom. The largest absolute Gasteiger partial charge is 0.433 e. The van der Waals surface area contributed by atoms with Crippen LogP contribution in [0.3, 0.4) is 0 Å². The number of carbonyl (C=O) groups excluding carboxylic acids is 2. The van der Waals surface area contributed by atoms with Gasteiger partial charge < -0.3 is 0 Å². The second kappa shape index (κ2) is 6.94. The number of carbonyl (C=O) groups is 2. The molecule has 12 heteroatoms. The van der Waals surface area contributed by atoms with Crippen molar-refractivity contribution in [3.63, 3.8) is 0 Å². The summed E-state index contributed by atoms with van der Waals surface area (Å²) >= 11 is 0. The third kappa shape index (κ3) is 3.49. The van der Waals surface area contributed by atoms with Gasteiger partial charge in [0.1, 0.15) is 24.3 Å². The molecule has 1 saturated heterocycles. The molecule has 2 aromatic rings. The highest BCUT2D eigenvalue weighted by Gasteiger charge is 2.39. The van der Waals surface area contributed by atoms with E-state index in [9.17, 15) is 22.8 Å². The van der Waals surface area contributed by atoms with Crippen LogP contribution in [0.15, 0.2) is 24.2 Å². The molecule has 0 atom stereocenters. The Balaban J connectivity index is 1.68. The number of halogens is 3. The van der Waals surface area contributed by atoms with E-state index in [4.69, 9.17) is 5.26 Å². The van der Waals surface area contributed by atoms with Crippen molar-refractivity contribution < 1.29 is 22.8 Å². The van der Waals surface area contributed by atoms with Crippen LogP contribution >= 0.6 is 0 Å². The highest BCUT2D eigenvalue weighted by molar-refractivity contribution is 6.13. The number of urea groups is 1. The van der Waals surface area contributed by atoms with Crippen LogP contribution in [-0.2, 0) is 11.0 Å². The Morgan fingerprint density at radius 1 is 1.30 bits per heavy atom. The van der Waals surface area contributed by atoms with Crippen LogP contribution in [-0.4, -0.2) is 55.1 Å². The van der Waals surface area contributed by atoms with Gasteiger partial charge >= 0.3 is 12.2 Å². The van der Waals surface area contributed by atoms with Crippen molar-refractivity contribution >= 4 is 18.1 Å². The third-order valence-corrected chi connectivity index (χ3v) is 4.72. The molecule has 0 unspecified atom stereocenters. The van der Waals surface area contributed by atoms with Gasteiger partial charge in [0.05, 0.1) is 12.3 Å². The molecule has 0 radical (unpaired) electrons. The fourth-order valence-corrected chi connectivity index (χ4v) is 3.01. The predicted molar refractivity (Wildman–Crippen MR) is 95.0 cm³/mol. The minimum Gasteiger partial charge on any atom is -0.291 e. The summed E-state index contributed by atoms with van der Waals surface area (Å²) in [7, 11) is 1.36. The SMILES string of the molecule is CN1C(=O)N(CC#N)C(=O)/C1=C/n1cnc(-c2cc(C3CC3)nc(C(F)(F)F)c2)n1. The summed E-state index contributed by atoms with van der Waals surface area (Å²) in [6.07, 6.45) is -0.604. The first-order chi connectivity index (χ1) is 14.2. The summed E-state index contributed by atoms with van der Waals surface area (Å²) in [6, 6.07) is 3.49. The molecule has 0 spiro atoms. The Labute approximate surface area is 168 Å². The molecular weight excluding hydrogens is 403 g/mol. The van der Waals surface area contributed by atoms with E-state index >= 15 is 0 Å². The van der Waals surface area contributed by atoms with Gasteiger partial charge in [0.2, 0.25) is 0 Å². The van der Waals surface area contributed by atoms with Crippen LogP contribution in [0.5, 0.6) is 0 Å². The van der Waals surface area contributed by atoms with Gasteiger partial charge in [-0.3, -0.25) is 9.69 Å². The maximum Gasteiger partial charge on any atom is 0.433 e. The molecule has 9 nitrogen and oxygen atoms in total. The zero-order valence-electron chi connectivity index (χ0n) is 15.6. The topological polar surface area (TPSA) is 108 Å². The van der Waals surface area contributed by atoms with E-state index in [-0.39, 0.29) is 23.0 Å². The number of amides is 3. The van der Waals surface area contributed by atoms with Gasteiger partial charge in [-0.25, -0.2) is 24.3 Å². The van der Waals surface area contributed by atoms with Crippen LogP contribution in [0.4, 0.5) is 18.0 Å². The minimum absolute atomic E-state index is 0.00265. The number of hydrogen-bond acceptors (Lipinski definition) is 6. The van der Waals surface area contributed by atoms with Gasteiger partial charge in [-0.05, 0) is 25.0 Å². The number of rotatable bonds is 4. The summed E-state index contributed by atoms with van der Waals surface area (Å²) < 4.78 is 40.8. The lowest BCUT2D eigenvalue weighted by atomic mass is 10.1. The van der Waals surface area contributed by atoms with Crippen LogP contribution in [0.2, 0.25) is 0 Å². The average molecular weight is 417 g/mol. The number of imide groups is 1. The van der Waals surface area contributed by atoms with E-state index in [1.165, 1.54) is 25.6 Å². The van der Waals surface area contributed by atoms with Gasteiger partial charge in [-0.15, -0.1) is 5.10 Å². The Hall–Kier alpha value is -3.75. The fourth-order valence-electron chi connectivity index (χ4n) is 3.01. The van der Waals surface area contributed by atoms with Gasteiger partial charge in [-0.1, -0.05) is 0 Å². The first kappa shape index (κ1) is 19.6. The monoisotopic (exact) mass is 417 g/mol. The molecule has 1 aliphatic carbocycles. The molecule has 4 rings (SSSR count).